The number of hydrogen-bond donors (Lipinski definition) is 0. The predicted octanol–water partition coefficient (Wildman–Crippen LogP) is 4.12. The molecule has 2 aromatic carbocycles. The van der Waals surface area contributed by atoms with Crippen LogP contribution in [0.5, 0.6) is 5.75 Å². The fourth-order valence-electron chi connectivity index (χ4n) is 1.69. The summed E-state index contributed by atoms with van der Waals surface area (Å²) in [5.74, 6) is 0.285. The van der Waals surface area contributed by atoms with Crippen LogP contribution in [0.2, 0.25) is 5.02 Å². The van der Waals surface area contributed by atoms with Gasteiger partial charge in [0.2, 0.25) is 9.84 Å². The van der Waals surface area contributed by atoms with Gasteiger partial charge in [-0.05, 0) is 48.0 Å². The molecule has 0 atom stereocenters. The molecule has 0 aromatic heterocycles. The Balaban J connectivity index is 2.61. The van der Waals surface area contributed by atoms with E-state index in [2.05, 4.69) is 10.0 Å². The van der Waals surface area contributed by atoms with Crippen LogP contribution in [-0.4, -0.2) is 15.5 Å². The summed E-state index contributed by atoms with van der Waals surface area (Å²) in [5, 5.41) is 3.85. The van der Waals surface area contributed by atoms with E-state index in [9.17, 15) is 8.42 Å². The number of halogens is 1. The van der Waals surface area contributed by atoms with Gasteiger partial charge in [0.05, 0.1) is 16.9 Å². The van der Waals surface area contributed by atoms with Crippen LogP contribution in [0.25, 0.3) is 10.4 Å². The second-order valence-corrected chi connectivity index (χ2v) is 6.40. The molecule has 0 bridgehead atoms. The highest BCUT2D eigenvalue weighted by atomic mass is 35.5. The number of nitrogens with zero attached hydrogens (tertiary/aromatic N) is 3. The van der Waals surface area contributed by atoms with Gasteiger partial charge in [-0.2, -0.15) is 0 Å². The molecule has 0 saturated heterocycles. The molecule has 6 nitrogen and oxygen atoms in total. The normalized spacial score (nSPS) is 10.8. The van der Waals surface area contributed by atoms with Crippen molar-refractivity contribution in [2.75, 3.05) is 7.11 Å². The predicted molar refractivity (Wildman–Crippen MR) is 78.7 cm³/mol. The van der Waals surface area contributed by atoms with E-state index in [-0.39, 0.29) is 21.2 Å². The van der Waals surface area contributed by atoms with Crippen LogP contribution < -0.4 is 4.74 Å². The van der Waals surface area contributed by atoms with Crippen molar-refractivity contribution in [1.82, 2.24) is 0 Å². The third-order valence-electron chi connectivity index (χ3n) is 2.69. The average molecular weight is 324 g/mol. The van der Waals surface area contributed by atoms with Crippen molar-refractivity contribution in [3.05, 3.63) is 57.9 Å². The van der Waals surface area contributed by atoms with Crippen molar-refractivity contribution in [3.8, 4) is 5.75 Å². The Morgan fingerprint density at radius 1 is 1.14 bits per heavy atom. The lowest BCUT2D eigenvalue weighted by Crippen LogP contribution is -2.02. The van der Waals surface area contributed by atoms with Crippen molar-refractivity contribution in [2.45, 2.75) is 9.79 Å². The van der Waals surface area contributed by atoms with Gasteiger partial charge in [0.15, 0.2) is 0 Å². The zero-order valence-corrected chi connectivity index (χ0v) is 12.5. The minimum atomic E-state index is -3.75. The average Bonchev–Trinajstić information content (AvgIpc) is 2.47. The van der Waals surface area contributed by atoms with E-state index in [0.29, 0.717) is 5.02 Å². The molecule has 0 aliphatic heterocycles. The molecule has 0 N–H and O–H groups in total. The molecule has 0 unspecified atom stereocenters. The van der Waals surface area contributed by atoms with E-state index in [1.54, 1.807) is 0 Å². The van der Waals surface area contributed by atoms with Gasteiger partial charge in [-0.3, -0.25) is 0 Å². The van der Waals surface area contributed by atoms with E-state index in [1.165, 1.54) is 49.6 Å². The Labute approximate surface area is 126 Å². The van der Waals surface area contributed by atoms with Gasteiger partial charge in [0, 0.05) is 15.6 Å². The smallest absolute Gasteiger partial charge is 0.206 e. The Morgan fingerprint density at radius 3 is 2.38 bits per heavy atom. The molecule has 0 spiro atoms. The first-order chi connectivity index (χ1) is 9.97. The highest BCUT2D eigenvalue weighted by Gasteiger charge is 2.19. The second-order valence-electron chi connectivity index (χ2n) is 4.01. The van der Waals surface area contributed by atoms with Crippen molar-refractivity contribution < 1.29 is 13.2 Å². The van der Waals surface area contributed by atoms with Crippen LogP contribution in [0.3, 0.4) is 0 Å². The van der Waals surface area contributed by atoms with Crippen LogP contribution >= 0.6 is 11.6 Å². The molecule has 21 heavy (non-hydrogen) atoms. The zero-order valence-electron chi connectivity index (χ0n) is 10.9. The fourth-order valence-corrected chi connectivity index (χ4v) is 3.13. The monoisotopic (exact) mass is 323 g/mol. The number of methoxy groups -OCH3 is 1. The maximum Gasteiger partial charge on any atom is 0.206 e. The van der Waals surface area contributed by atoms with E-state index < -0.39 is 9.84 Å². The van der Waals surface area contributed by atoms with Crippen LogP contribution in [0.15, 0.2) is 57.4 Å². The summed E-state index contributed by atoms with van der Waals surface area (Å²) in [6.07, 6.45) is 0. The Hall–Kier alpha value is -2.21. The summed E-state index contributed by atoms with van der Waals surface area (Å²) in [7, 11) is -2.35. The number of benzene rings is 2. The van der Waals surface area contributed by atoms with Gasteiger partial charge in [0.1, 0.15) is 5.75 Å². The first-order valence-corrected chi connectivity index (χ1v) is 7.58. The van der Waals surface area contributed by atoms with E-state index >= 15 is 0 Å². The van der Waals surface area contributed by atoms with E-state index in [4.69, 9.17) is 21.9 Å². The maximum absolute atomic E-state index is 12.5. The number of sulfone groups is 1. The van der Waals surface area contributed by atoms with Crippen molar-refractivity contribution in [2.24, 2.45) is 5.11 Å². The summed E-state index contributed by atoms with van der Waals surface area (Å²) in [4.78, 5) is 2.71. The first kappa shape index (κ1) is 15.2. The van der Waals surface area contributed by atoms with Crippen molar-refractivity contribution in [3.63, 3.8) is 0 Å². The van der Waals surface area contributed by atoms with E-state index in [0.717, 1.165) is 0 Å². The molecule has 0 fully saturated rings. The lowest BCUT2D eigenvalue weighted by atomic mass is 10.3. The molecule has 2 rings (SSSR count). The summed E-state index contributed by atoms with van der Waals surface area (Å²) < 4.78 is 30.1. The SMILES string of the molecule is COc1cc(N=[N+]=[N-])cc(S(=O)(=O)c2ccc(Cl)cc2)c1. The zero-order chi connectivity index (χ0) is 15.5. The number of azide groups is 1. The van der Waals surface area contributed by atoms with Crippen LogP contribution in [0, 0.1) is 0 Å². The quantitative estimate of drug-likeness (QED) is 0.481. The van der Waals surface area contributed by atoms with Crippen molar-refractivity contribution >= 4 is 27.1 Å². The molecule has 8 heteroatoms. The Bertz CT molecular complexity index is 813. The number of hydrogen-bond acceptors (Lipinski definition) is 4. The van der Waals surface area contributed by atoms with Crippen molar-refractivity contribution in [1.29, 1.82) is 0 Å². The molecule has 0 aliphatic rings. The minimum absolute atomic E-state index is 0.0217. The molecular formula is C13H10ClN3O3S. The van der Waals surface area contributed by atoms with Gasteiger partial charge in [-0.25, -0.2) is 8.42 Å². The van der Waals surface area contributed by atoms with Gasteiger partial charge in [-0.15, -0.1) is 0 Å². The third-order valence-corrected chi connectivity index (χ3v) is 4.70. The van der Waals surface area contributed by atoms with Gasteiger partial charge >= 0.3 is 0 Å². The lowest BCUT2D eigenvalue weighted by Gasteiger charge is -2.08. The highest BCUT2D eigenvalue weighted by molar-refractivity contribution is 7.91. The summed E-state index contributed by atoms with van der Waals surface area (Å²) in [5.41, 5.74) is 8.63. The standard InChI is InChI=1S/C13H10ClN3O3S/c1-20-11-6-10(16-17-15)7-13(8-11)21(18,19)12-4-2-9(14)3-5-12/h2-8H,1H3. The Kier molecular flexibility index (Phi) is 4.37. The molecule has 0 aliphatic carbocycles. The molecule has 0 saturated carbocycles. The fraction of sp³-hybridized carbons (Fsp3) is 0.0769. The number of ether oxygens (including phenoxy) is 1. The topological polar surface area (TPSA) is 92.1 Å². The second kappa shape index (κ2) is 6.05. The third kappa shape index (κ3) is 3.28. The highest BCUT2D eigenvalue weighted by Crippen LogP contribution is 2.30. The number of rotatable bonds is 4. The minimum Gasteiger partial charge on any atom is -0.497 e. The Morgan fingerprint density at radius 2 is 1.81 bits per heavy atom. The summed E-state index contributed by atoms with van der Waals surface area (Å²) in [6, 6.07) is 9.88. The van der Waals surface area contributed by atoms with Gasteiger partial charge in [0.25, 0.3) is 0 Å². The van der Waals surface area contributed by atoms with Crippen LogP contribution in [-0.2, 0) is 9.84 Å². The van der Waals surface area contributed by atoms with E-state index in [1.807, 2.05) is 0 Å². The van der Waals surface area contributed by atoms with Crippen LogP contribution in [0.1, 0.15) is 0 Å². The molecule has 108 valence electrons. The summed E-state index contributed by atoms with van der Waals surface area (Å²) in [6.45, 7) is 0. The molecule has 0 radical (unpaired) electrons. The first-order valence-electron chi connectivity index (χ1n) is 5.72. The van der Waals surface area contributed by atoms with Gasteiger partial charge in [-0.1, -0.05) is 16.7 Å². The molecule has 2 aromatic rings. The molecule has 0 amide bonds. The molecular weight excluding hydrogens is 314 g/mol. The lowest BCUT2D eigenvalue weighted by molar-refractivity contribution is 0.413. The van der Waals surface area contributed by atoms with Crippen LogP contribution in [0.4, 0.5) is 5.69 Å². The summed E-state index contributed by atoms with van der Waals surface area (Å²) >= 11 is 5.75. The molecule has 0 heterocycles. The maximum atomic E-state index is 12.5. The van der Waals surface area contributed by atoms with Gasteiger partial charge < -0.3 is 4.74 Å². The largest absolute Gasteiger partial charge is 0.497 e.